The van der Waals surface area contributed by atoms with E-state index in [1.807, 2.05) is 24.3 Å². The van der Waals surface area contributed by atoms with Gasteiger partial charge in [-0.05, 0) is 86.3 Å². The Morgan fingerprint density at radius 1 is 1.05 bits per heavy atom. The number of carbonyl (C=O) groups excluding carboxylic acids is 2. The smallest absolute Gasteiger partial charge is 0.280 e. The number of amides is 2. The second-order valence-corrected chi connectivity index (χ2v) is 11.2. The van der Waals surface area contributed by atoms with E-state index in [0.717, 1.165) is 50.9 Å². The highest BCUT2D eigenvalue weighted by Crippen LogP contribution is 2.36. The van der Waals surface area contributed by atoms with Gasteiger partial charge in [0.1, 0.15) is 0 Å². The van der Waals surface area contributed by atoms with Crippen LogP contribution in [0.4, 0.5) is 14.5 Å². The summed E-state index contributed by atoms with van der Waals surface area (Å²) in [6.45, 7) is 2.67. The van der Waals surface area contributed by atoms with Crippen molar-refractivity contribution in [3.8, 4) is 0 Å². The van der Waals surface area contributed by atoms with Crippen LogP contribution in [-0.4, -0.2) is 86.1 Å². The topological polar surface area (TPSA) is 73.3 Å². The molecule has 3 aliphatic rings. The van der Waals surface area contributed by atoms with Gasteiger partial charge in [0.15, 0.2) is 0 Å². The van der Waals surface area contributed by atoms with Crippen molar-refractivity contribution in [1.29, 1.82) is 0 Å². The standard InChI is InChI=1S/C30H41F2N3O4/c1-33(2)27(36)23-7-9-25(10-8-23)34-15-11-21(12-16-34)19-22-13-17-35(18-14-22)29(37)30(38,28(31)32)24-5-4-6-26(20-24)39-3/h5,7-10,20-22,28,38H,4,6,11-19H2,1-3H3. The van der Waals surface area contributed by atoms with Crippen molar-refractivity contribution in [2.24, 2.45) is 11.8 Å². The Morgan fingerprint density at radius 3 is 2.18 bits per heavy atom. The van der Waals surface area contributed by atoms with Gasteiger partial charge >= 0.3 is 0 Å². The van der Waals surface area contributed by atoms with Gasteiger partial charge in [-0.25, -0.2) is 8.78 Å². The Balaban J connectivity index is 1.26. The van der Waals surface area contributed by atoms with Crippen LogP contribution in [0.5, 0.6) is 0 Å². The average Bonchev–Trinajstić information content (AvgIpc) is 2.96. The third kappa shape index (κ3) is 6.45. The molecule has 2 saturated heterocycles. The van der Waals surface area contributed by atoms with Crippen LogP contribution >= 0.6 is 0 Å². The summed E-state index contributed by atoms with van der Waals surface area (Å²) in [7, 11) is 4.95. The van der Waals surface area contributed by atoms with E-state index in [1.54, 1.807) is 19.0 Å². The molecule has 2 heterocycles. The van der Waals surface area contributed by atoms with Crippen LogP contribution in [0.25, 0.3) is 0 Å². The van der Waals surface area contributed by atoms with Crippen molar-refractivity contribution in [1.82, 2.24) is 9.80 Å². The molecule has 2 amide bonds. The Morgan fingerprint density at radius 2 is 1.64 bits per heavy atom. The molecule has 39 heavy (non-hydrogen) atoms. The lowest BCUT2D eigenvalue weighted by Crippen LogP contribution is -2.56. The predicted molar refractivity (Wildman–Crippen MR) is 147 cm³/mol. The molecule has 1 aliphatic carbocycles. The third-order valence-electron chi connectivity index (χ3n) is 8.48. The number of carbonyl (C=O) groups is 2. The van der Waals surface area contributed by atoms with Gasteiger partial charge in [-0.2, -0.15) is 0 Å². The van der Waals surface area contributed by atoms with Crippen molar-refractivity contribution in [3.05, 3.63) is 53.3 Å². The number of allylic oxidation sites excluding steroid dienone is 2. The van der Waals surface area contributed by atoms with E-state index >= 15 is 0 Å². The van der Waals surface area contributed by atoms with E-state index in [4.69, 9.17) is 4.74 Å². The van der Waals surface area contributed by atoms with Crippen LogP contribution < -0.4 is 4.90 Å². The Bertz CT molecular complexity index is 1070. The molecule has 2 aliphatic heterocycles. The molecule has 214 valence electrons. The van der Waals surface area contributed by atoms with Crippen LogP contribution in [0.2, 0.25) is 0 Å². The molecule has 1 N–H and O–H groups in total. The van der Waals surface area contributed by atoms with Gasteiger partial charge in [-0.3, -0.25) is 9.59 Å². The molecule has 1 aromatic rings. The van der Waals surface area contributed by atoms with E-state index in [0.29, 0.717) is 49.1 Å². The molecule has 9 heteroatoms. The van der Waals surface area contributed by atoms with Crippen LogP contribution in [0.1, 0.15) is 55.3 Å². The Hall–Kier alpha value is -2.94. The molecule has 0 spiro atoms. The van der Waals surface area contributed by atoms with E-state index in [2.05, 4.69) is 4.90 Å². The fourth-order valence-corrected chi connectivity index (χ4v) is 6.03. The van der Waals surface area contributed by atoms with Crippen molar-refractivity contribution in [2.75, 3.05) is 52.3 Å². The molecular weight excluding hydrogens is 504 g/mol. The molecule has 0 saturated carbocycles. The van der Waals surface area contributed by atoms with Gasteiger partial charge < -0.3 is 24.5 Å². The summed E-state index contributed by atoms with van der Waals surface area (Å²) >= 11 is 0. The molecular formula is C30H41F2N3O4. The zero-order valence-corrected chi connectivity index (χ0v) is 23.2. The lowest BCUT2D eigenvalue weighted by molar-refractivity contribution is -0.162. The first-order valence-electron chi connectivity index (χ1n) is 13.9. The van der Waals surface area contributed by atoms with E-state index in [1.165, 1.54) is 24.2 Å². The van der Waals surface area contributed by atoms with Crippen LogP contribution in [-0.2, 0) is 9.53 Å². The minimum atomic E-state index is -3.23. The van der Waals surface area contributed by atoms with Gasteiger partial charge in [0.2, 0.25) is 5.60 Å². The number of aliphatic hydroxyl groups is 1. The second kappa shape index (κ2) is 12.5. The number of nitrogens with zero attached hydrogens (tertiary/aromatic N) is 3. The minimum absolute atomic E-state index is 0.00460. The minimum Gasteiger partial charge on any atom is -0.501 e. The maximum atomic E-state index is 14.1. The summed E-state index contributed by atoms with van der Waals surface area (Å²) in [5.41, 5.74) is -1.11. The molecule has 0 bridgehead atoms. The number of hydrogen-bond donors (Lipinski definition) is 1. The summed E-state index contributed by atoms with van der Waals surface area (Å²) in [5, 5.41) is 10.9. The Labute approximate surface area is 230 Å². The van der Waals surface area contributed by atoms with Gasteiger partial charge in [-0.1, -0.05) is 6.08 Å². The summed E-state index contributed by atoms with van der Waals surface area (Å²) in [4.78, 5) is 30.6. The average molecular weight is 546 g/mol. The first kappa shape index (κ1) is 29.1. The van der Waals surface area contributed by atoms with Crippen LogP contribution in [0.3, 0.4) is 0 Å². The van der Waals surface area contributed by atoms with Crippen molar-refractivity contribution >= 4 is 17.5 Å². The van der Waals surface area contributed by atoms with Crippen LogP contribution in [0.15, 0.2) is 47.7 Å². The van der Waals surface area contributed by atoms with E-state index in [-0.39, 0.29) is 11.5 Å². The molecule has 0 aromatic heterocycles. The SMILES string of the molecule is COC1=CC(C(O)(C(=O)N2CCC(CC3CCN(c4ccc(C(=O)N(C)C)cc4)CC3)CC2)C(F)F)=CCC1. The molecule has 1 aromatic carbocycles. The fourth-order valence-electron chi connectivity index (χ4n) is 6.03. The number of halogens is 2. The molecule has 4 rings (SSSR count). The number of methoxy groups -OCH3 is 1. The van der Waals surface area contributed by atoms with E-state index in [9.17, 15) is 23.5 Å². The number of alkyl halides is 2. The molecule has 2 fully saturated rings. The first-order valence-corrected chi connectivity index (χ1v) is 13.9. The summed E-state index contributed by atoms with van der Waals surface area (Å²) in [6.07, 6.45) is 5.40. The van der Waals surface area contributed by atoms with Gasteiger partial charge in [0.25, 0.3) is 18.2 Å². The van der Waals surface area contributed by atoms with Crippen LogP contribution in [0, 0.1) is 11.8 Å². The predicted octanol–water partition coefficient (Wildman–Crippen LogP) is 4.48. The number of rotatable bonds is 8. The summed E-state index contributed by atoms with van der Waals surface area (Å²) < 4.78 is 33.4. The van der Waals surface area contributed by atoms with Gasteiger partial charge in [0.05, 0.1) is 12.9 Å². The lowest BCUT2D eigenvalue weighted by atomic mass is 9.82. The number of anilines is 1. The lowest BCUT2D eigenvalue weighted by Gasteiger charge is -2.40. The quantitative estimate of drug-likeness (QED) is 0.522. The number of likely N-dealkylation sites (tertiary alicyclic amines) is 1. The highest BCUT2D eigenvalue weighted by atomic mass is 19.3. The number of ether oxygens (including phenoxy) is 1. The van der Waals surface area contributed by atoms with E-state index < -0.39 is 17.9 Å². The van der Waals surface area contributed by atoms with Gasteiger partial charge in [0, 0.05) is 57.9 Å². The second-order valence-electron chi connectivity index (χ2n) is 11.2. The number of benzene rings is 1. The van der Waals surface area contributed by atoms with Gasteiger partial charge in [-0.15, -0.1) is 0 Å². The largest absolute Gasteiger partial charge is 0.501 e. The van der Waals surface area contributed by atoms with Crippen molar-refractivity contribution in [2.45, 2.75) is 57.0 Å². The number of piperidine rings is 2. The highest BCUT2D eigenvalue weighted by molar-refractivity contribution is 5.94. The monoisotopic (exact) mass is 545 g/mol. The zero-order valence-electron chi connectivity index (χ0n) is 23.2. The summed E-state index contributed by atoms with van der Waals surface area (Å²) in [6, 6.07) is 7.79. The highest BCUT2D eigenvalue weighted by Gasteiger charge is 2.51. The van der Waals surface area contributed by atoms with Crippen molar-refractivity contribution < 1.29 is 28.2 Å². The zero-order chi connectivity index (χ0) is 28.2. The molecule has 0 radical (unpaired) electrons. The molecule has 1 unspecified atom stereocenters. The molecule has 7 nitrogen and oxygen atoms in total. The maximum absolute atomic E-state index is 14.1. The Kier molecular flexibility index (Phi) is 9.31. The number of hydrogen-bond acceptors (Lipinski definition) is 5. The normalized spacial score (nSPS) is 20.8. The fraction of sp³-hybridized carbons (Fsp3) is 0.600. The first-order chi connectivity index (χ1) is 18.6. The molecule has 1 atom stereocenters. The van der Waals surface area contributed by atoms with Crippen molar-refractivity contribution in [3.63, 3.8) is 0 Å². The summed E-state index contributed by atoms with van der Waals surface area (Å²) in [5.74, 6) is 0.597. The third-order valence-corrected chi connectivity index (χ3v) is 8.48. The maximum Gasteiger partial charge on any atom is 0.280 e.